The highest BCUT2D eigenvalue weighted by Gasteiger charge is 2.41. The van der Waals surface area contributed by atoms with Crippen molar-refractivity contribution >= 4 is 28.8 Å². The van der Waals surface area contributed by atoms with E-state index in [1.54, 1.807) is 42.4 Å². The number of nitrogens with one attached hydrogen (secondary N) is 1. The van der Waals surface area contributed by atoms with E-state index in [1.807, 2.05) is 5.41 Å². The molecule has 7 nitrogen and oxygen atoms in total. The summed E-state index contributed by atoms with van der Waals surface area (Å²) in [6.45, 7) is 1.99. The zero-order chi connectivity index (χ0) is 22.0. The third kappa shape index (κ3) is 4.27. The van der Waals surface area contributed by atoms with Gasteiger partial charge in [0.15, 0.2) is 5.17 Å². The van der Waals surface area contributed by atoms with Crippen LogP contribution in [0.15, 0.2) is 74.4 Å². The predicted molar refractivity (Wildman–Crippen MR) is 114 cm³/mol. The largest absolute Gasteiger partial charge is 0.467 e. The molecular formula is C22H20FN3O4S. The molecule has 31 heavy (non-hydrogen) atoms. The summed E-state index contributed by atoms with van der Waals surface area (Å²) < 4.78 is 24.3. The second-order valence-electron chi connectivity index (χ2n) is 6.97. The minimum absolute atomic E-state index is 0.0616. The molecule has 2 aliphatic rings. The molecular weight excluding hydrogens is 421 g/mol. The Labute approximate surface area is 182 Å². The molecule has 1 aromatic heterocycles. The van der Waals surface area contributed by atoms with Crippen LogP contribution in [-0.4, -0.2) is 29.1 Å². The Kier molecular flexibility index (Phi) is 5.94. The van der Waals surface area contributed by atoms with E-state index in [0.717, 1.165) is 0 Å². The maximum absolute atomic E-state index is 14.0. The number of nitrogens with zero attached hydrogens (tertiary/aromatic N) is 2. The minimum Gasteiger partial charge on any atom is -0.467 e. The lowest BCUT2D eigenvalue weighted by atomic mass is 9.94. The summed E-state index contributed by atoms with van der Waals surface area (Å²) in [5, 5.41) is 5.26. The molecule has 1 atom stereocenters. The number of halogens is 1. The van der Waals surface area contributed by atoms with E-state index in [1.165, 1.54) is 31.0 Å². The number of thioether (sulfide) groups is 1. The maximum Gasteiger partial charge on any atom is 0.338 e. The Morgan fingerprint density at radius 3 is 2.87 bits per heavy atom. The van der Waals surface area contributed by atoms with Crippen LogP contribution in [0.5, 0.6) is 0 Å². The van der Waals surface area contributed by atoms with E-state index in [9.17, 15) is 14.0 Å². The highest BCUT2D eigenvalue weighted by molar-refractivity contribution is 8.16. The molecule has 1 amide bonds. The fourth-order valence-electron chi connectivity index (χ4n) is 3.56. The van der Waals surface area contributed by atoms with E-state index < -0.39 is 17.8 Å². The maximum atomic E-state index is 14.0. The standard InChI is InChI=1S/C22H20FN3O4S/c1-13-19(21(28)29-2)20(14-5-3-6-15(23)9-14)26-16(12-31-22(26)25-13)10-18(27)24-11-17-7-4-8-30-17/h3-9,12,20H,10-11H2,1-2H3,(H,24,27). The van der Waals surface area contributed by atoms with Crippen molar-refractivity contribution < 1.29 is 23.1 Å². The van der Waals surface area contributed by atoms with Gasteiger partial charge in [-0.3, -0.25) is 4.79 Å². The summed E-state index contributed by atoms with van der Waals surface area (Å²) in [5.41, 5.74) is 2.03. The number of esters is 1. The number of fused-ring (bicyclic) bond motifs is 1. The lowest BCUT2D eigenvalue weighted by molar-refractivity contribution is -0.136. The topological polar surface area (TPSA) is 84.1 Å². The molecule has 2 aliphatic heterocycles. The number of aliphatic imine (C=N–C) groups is 1. The van der Waals surface area contributed by atoms with E-state index in [-0.39, 0.29) is 18.9 Å². The molecule has 4 rings (SSSR count). The smallest absolute Gasteiger partial charge is 0.338 e. The second kappa shape index (κ2) is 8.81. The van der Waals surface area contributed by atoms with Gasteiger partial charge in [0.2, 0.25) is 5.91 Å². The van der Waals surface area contributed by atoms with E-state index in [4.69, 9.17) is 9.15 Å². The Morgan fingerprint density at radius 1 is 1.32 bits per heavy atom. The normalized spacial score (nSPS) is 17.8. The fraction of sp³-hybridized carbons (Fsp3) is 0.227. The van der Waals surface area contributed by atoms with Crippen molar-refractivity contribution in [3.63, 3.8) is 0 Å². The van der Waals surface area contributed by atoms with Gasteiger partial charge in [-0.05, 0) is 42.2 Å². The molecule has 0 saturated carbocycles. The predicted octanol–water partition coefficient (Wildman–Crippen LogP) is 3.87. The molecule has 0 fully saturated rings. The van der Waals surface area contributed by atoms with Gasteiger partial charge >= 0.3 is 5.97 Å². The Hall–Kier alpha value is -3.33. The van der Waals surface area contributed by atoms with Gasteiger partial charge in [-0.1, -0.05) is 23.9 Å². The summed E-state index contributed by atoms with van der Waals surface area (Å²) in [6, 6.07) is 8.91. The second-order valence-corrected chi connectivity index (χ2v) is 7.81. The van der Waals surface area contributed by atoms with Crippen LogP contribution in [-0.2, 0) is 20.9 Å². The number of rotatable bonds is 6. The van der Waals surface area contributed by atoms with Gasteiger partial charge in [0, 0.05) is 5.70 Å². The van der Waals surface area contributed by atoms with Crippen LogP contribution < -0.4 is 5.32 Å². The minimum atomic E-state index is -0.658. The molecule has 0 radical (unpaired) electrons. The van der Waals surface area contributed by atoms with Crippen molar-refractivity contribution in [2.75, 3.05) is 7.11 Å². The highest BCUT2D eigenvalue weighted by atomic mass is 32.2. The van der Waals surface area contributed by atoms with E-state index in [0.29, 0.717) is 33.5 Å². The first-order valence-corrected chi connectivity index (χ1v) is 10.4. The number of allylic oxidation sites excluding steroid dienone is 1. The molecule has 0 bridgehead atoms. The quantitative estimate of drug-likeness (QED) is 0.685. The highest BCUT2D eigenvalue weighted by Crippen LogP contribution is 2.44. The first-order chi connectivity index (χ1) is 15.0. The van der Waals surface area contributed by atoms with Crippen molar-refractivity contribution in [2.45, 2.75) is 25.9 Å². The van der Waals surface area contributed by atoms with Gasteiger partial charge in [-0.15, -0.1) is 0 Å². The average molecular weight is 441 g/mol. The first kappa shape index (κ1) is 20.9. The van der Waals surface area contributed by atoms with Crippen molar-refractivity contribution in [1.82, 2.24) is 10.2 Å². The van der Waals surface area contributed by atoms with Crippen LogP contribution >= 0.6 is 11.8 Å². The Morgan fingerprint density at radius 2 is 2.16 bits per heavy atom. The molecule has 0 aliphatic carbocycles. The van der Waals surface area contributed by atoms with Crippen LogP contribution in [0, 0.1) is 5.82 Å². The third-order valence-electron chi connectivity index (χ3n) is 4.95. The van der Waals surface area contributed by atoms with Crippen LogP contribution in [0.3, 0.4) is 0 Å². The number of ether oxygens (including phenoxy) is 1. The molecule has 1 unspecified atom stereocenters. The average Bonchev–Trinajstić information content (AvgIpc) is 3.41. The van der Waals surface area contributed by atoms with Crippen LogP contribution in [0.25, 0.3) is 0 Å². The molecule has 1 aromatic carbocycles. The lowest BCUT2D eigenvalue weighted by Crippen LogP contribution is -2.37. The number of furan rings is 1. The lowest BCUT2D eigenvalue weighted by Gasteiger charge is -2.36. The third-order valence-corrected chi connectivity index (χ3v) is 5.84. The summed E-state index contributed by atoms with van der Waals surface area (Å²) in [6.07, 6.45) is 1.60. The van der Waals surface area contributed by atoms with Crippen LogP contribution in [0.2, 0.25) is 0 Å². The van der Waals surface area contributed by atoms with Crippen molar-refractivity contribution in [3.05, 3.63) is 82.2 Å². The summed E-state index contributed by atoms with van der Waals surface area (Å²) >= 11 is 1.36. The number of hydrogen-bond donors (Lipinski definition) is 1. The fourth-order valence-corrected chi connectivity index (χ4v) is 4.52. The van der Waals surface area contributed by atoms with Gasteiger partial charge in [-0.25, -0.2) is 14.2 Å². The van der Waals surface area contributed by atoms with E-state index in [2.05, 4.69) is 10.3 Å². The van der Waals surface area contributed by atoms with Gasteiger partial charge in [0.1, 0.15) is 11.6 Å². The molecule has 160 valence electrons. The first-order valence-electron chi connectivity index (χ1n) is 9.55. The number of hydrogen-bond acceptors (Lipinski definition) is 7. The number of carbonyl (C=O) groups excluding carboxylic acids is 2. The number of carbonyl (C=O) groups is 2. The summed E-state index contributed by atoms with van der Waals surface area (Å²) in [7, 11) is 1.29. The van der Waals surface area contributed by atoms with Gasteiger partial charge in [0.25, 0.3) is 0 Å². The molecule has 0 saturated heterocycles. The van der Waals surface area contributed by atoms with Gasteiger partial charge in [0.05, 0.1) is 43.7 Å². The number of amidine groups is 1. The van der Waals surface area contributed by atoms with Crippen molar-refractivity contribution in [1.29, 1.82) is 0 Å². The SMILES string of the molecule is COC(=O)C1=C(C)N=C2SC=C(CC(=O)NCc3ccco3)N2C1c1cccc(F)c1. The van der Waals surface area contributed by atoms with Crippen LogP contribution in [0.1, 0.15) is 30.7 Å². The monoisotopic (exact) mass is 441 g/mol. The number of methoxy groups -OCH3 is 1. The number of benzene rings is 1. The Balaban J connectivity index is 1.63. The number of amides is 1. The molecule has 0 spiro atoms. The molecule has 3 heterocycles. The molecule has 1 N–H and O–H groups in total. The van der Waals surface area contributed by atoms with Crippen LogP contribution in [0.4, 0.5) is 4.39 Å². The summed E-state index contributed by atoms with van der Waals surface area (Å²) in [5.74, 6) is -0.536. The van der Waals surface area contributed by atoms with Gasteiger partial charge in [-0.2, -0.15) is 0 Å². The van der Waals surface area contributed by atoms with Crippen molar-refractivity contribution in [3.8, 4) is 0 Å². The Bertz CT molecular complexity index is 1110. The summed E-state index contributed by atoms with van der Waals surface area (Å²) in [4.78, 5) is 31.5. The zero-order valence-electron chi connectivity index (χ0n) is 16.9. The van der Waals surface area contributed by atoms with Gasteiger partial charge < -0.3 is 19.4 Å². The van der Waals surface area contributed by atoms with E-state index >= 15 is 0 Å². The van der Waals surface area contributed by atoms with Crippen molar-refractivity contribution in [2.24, 2.45) is 4.99 Å². The zero-order valence-corrected chi connectivity index (χ0v) is 17.7. The molecule has 2 aromatic rings. The molecule has 9 heteroatoms.